The van der Waals surface area contributed by atoms with Crippen LogP contribution in [-0.4, -0.2) is 31.7 Å². The molecule has 0 radical (unpaired) electrons. The minimum absolute atomic E-state index is 0.846. The molecule has 0 atom stereocenters. The van der Waals surface area contributed by atoms with Crippen molar-refractivity contribution in [1.29, 1.82) is 0 Å². The molecule has 0 spiro atoms. The van der Waals surface area contributed by atoms with Crippen molar-refractivity contribution >= 4 is 0 Å². The van der Waals surface area contributed by atoms with Gasteiger partial charge in [0.05, 0.1) is 27.2 Å². The summed E-state index contributed by atoms with van der Waals surface area (Å²) in [6.07, 6.45) is 24.8. The van der Waals surface area contributed by atoms with E-state index < -0.39 is 0 Å². The van der Waals surface area contributed by atoms with Crippen LogP contribution < -0.4 is 0 Å². The van der Waals surface area contributed by atoms with Gasteiger partial charge in [-0.15, -0.1) is 0 Å². The molecule has 0 saturated carbocycles. The van der Waals surface area contributed by atoms with E-state index in [0.717, 1.165) is 5.92 Å². The van der Waals surface area contributed by atoms with Crippen molar-refractivity contribution in [2.75, 3.05) is 27.2 Å². The Morgan fingerprint density at radius 1 is 0.500 bits per heavy atom. The van der Waals surface area contributed by atoms with Crippen LogP contribution in [0.3, 0.4) is 0 Å². The van der Waals surface area contributed by atoms with Gasteiger partial charge < -0.3 is 4.48 Å². The summed E-state index contributed by atoms with van der Waals surface area (Å²) >= 11 is 0. The van der Waals surface area contributed by atoms with E-state index in [1.54, 1.807) is 0 Å². The van der Waals surface area contributed by atoms with Crippen molar-refractivity contribution in [3.05, 3.63) is 0 Å². The highest BCUT2D eigenvalue weighted by molar-refractivity contribution is 4.50. The predicted molar refractivity (Wildman–Crippen MR) is 121 cm³/mol. The van der Waals surface area contributed by atoms with E-state index in [1.807, 2.05) is 0 Å². The van der Waals surface area contributed by atoms with E-state index in [4.69, 9.17) is 0 Å². The summed E-state index contributed by atoms with van der Waals surface area (Å²) in [5.74, 6) is 0.846. The van der Waals surface area contributed by atoms with Gasteiger partial charge in [0.2, 0.25) is 0 Å². The lowest BCUT2D eigenvalue weighted by Gasteiger charge is -2.30. The maximum atomic E-state index is 2.41. The number of hydrogen-bond acceptors (Lipinski definition) is 0. The Kier molecular flexibility index (Phi) is 18.3. The second-order valence-electron chi connectivity index (χ2n) is 9.87. The van der Waals surface area contributed by atoms with E-state index in [9.17, 15) is 0 Å². The van der Waals surface area contributed by atoms with Gasteiger partial charge in [-0.2, -0.15) is 0 Å². The molecule has 0 aromatic carbocycles. The molecule has 0 rings (SSSR count). The van der Waals surface area contributed by atoms with Crippen LogP contribution in [0, 0.1) is 5.92 Å². The zero-order chi connectivity index (χ0) is 19.5. The standard InChI is InChI=1S/C25H54N/c1-6-7-8-9-10-11-12-13-14-15-16-17-18-19-20-21-23-26(4,5)24-22-25(2)3/h25H,6-24H2,1-5H3/q+1. The molecule has 0 aliphatic heterocycles. The highest BCUT2D eigenvalue weighted by Crippen LogP contribution is 2.14. The number of rotatable bonds is 20. The van der Waals surface area contributed by atoms with Crippen molar-refractivity contribution in [3.63, 3.8) is 0 Å². The maximum Gasteiger partial charge on any atom is 0.0784 e. The molecule has 0 aliphatic carbocycles. The Hall–Kier alpha value is -0.0400. The van der Waals surface area contributed by atoms with Crippen molar-refractivity contribution in [2.24, 2.45) is 5.92 Å². The first kappa shape index (κ1) is 26.0. The second kappa shape index (κ2) is 18.3. The fourth-order valence-electron chi connectivity index (χ4n) is 3.81. The maximum absolute atomic E-state index is 2.41. The van der Waals surface area contributed by atoms with Crippen molar-refractivity contribution in [2.45, 2.75) is 130 Å². The molecule has 158 valence electrons. The quantitative estimate of drug-likeness (QED) is 0.149. The number of unbranched alkanes of at least 4 members (excludes halogenated alkanes) is 15. The summed E-state index contributed by atoms with van der Waals surface area (Å²) in [6, 6.07) is 0. The first-order chi connectivity index (χ1) is 12.5. The molecule has 0 bridgehead atoms. The summed E-state index contributed by atoms with van der Waals surface area (Å²) in [6.45, 7) is 9.69. The average Bonchev–Trinajstić information content (AvgIpc) is 2.60. The highest BCUT2D eigenvalue weighted by atomic mass is 15.3. The average molecular weight is 369 g/mol. The van der Waals surface area contributed by atoms with Crippen LogP contribution in [0.2, 0.25) is 0 Å². The Labute approximate surface area is 167 Å². The van der Waals surface area contributed by atoms with Crippen molar-refractivity contribution in [1.82, 2.24) is 0 Å². The molecule has 0 aliphatic rings. The van der Waals surface area contributed by atoms with E-state index in [0.29, 0.717) is 0 Å². The largest absolute Gasteiger partial charge is 0.328 e. The van der Waals surface area contributed by atoms with E-state index in [1.165, 1.54) is 127 Å². The van der Waals surface area contributed by atoms with Gasteiger partial charge in [0.1, 0.15) is 0 Å². The fraction of sp³-hybridized carbons (Fsp3) is 1.00. The molecule has 1 heteroatoms. The molecule has 0 aromatic heterocycles. The van der Waals surface area contributed by atoms with Crippen LogP contribution >= 0.6 is 0 Å². The van der Waals surface area contributed by atoms with Gasteiger partial charge in [-0.3, -0.25) is 0 Å². The summed E-state index contributed by atoms with van der Waals surface area (Å²) in [7, 11) is 4.82. The molecule has 0 unspecified atom stereocenters. The fourth-order valence-corrected chi connectivity index (χ4v) is 3.81. The first-order valence-corrected chi connectivity index (χ1v) is 12.3. The molecule has 0 heterocycles. The van der Waals surface area contributed by atoms with Gasteiger partial charge in [-0.05, 0) is 25.2 Å². The van der Waals surface area contributed by atoms with E-state index in [-0.39, 0.29) is 0 Å². The molecular formula is C25H54N+. The summed E-state index contributed by atoms with van der Waals surface area (Å²) in [5.41, 5.74) is 0. The van der Waals surface area contributed by atoms with Gasteiger partial charge in [0.25, 0.3) is 0 Å². The molecule has 0 N–H and O–H groups in total. The Bertz CT molecular complexity index is 269. The van der Waals surface area contributed by atoms with Crippen LogP contribution in [0.5, 0.6) is 0 Å². The monoisotopic (exact) mass is 368 g/mol. The third kappa shape index (κ3) is 20.3. The molecule has 0 saturated heterocycles. The summed E-state index contributed by atoms with van der Waals surface area (Å²) in [4.78, 5) is 0. The molecule has 26 heavy (non-hydrogen) atoms. The van der Waals surface area contributed by atoms with E-state index in [2.05, 4.69) is 34.9 Å². The van der Waals surface area contributed by atoms with Crippen molar-refractivity contribution < 1.29 is 4.48 Å². The van der Waals surface area contributed by atoms with Crippen LogP contribution in [0.25, 0.3) is 0 Å². The summed E-state index contributed by atoms with van der Waals surface area (Å²) < 4.78 is 1.22. The van der Waals surface area contributed by atoms with Gasteiger partial charge in [0.15, 0.2) is 0 Å². The Morgan fingerprint density at radius 3 is 1.19 bits per heavy atom. The van der Waals surface area contributed by atoms with Gasteiger partial charge >= 0.3 is 0 Å². The smallest absolute Gasteiger partial charge is 0.0784 e. The van der Waals surface area contributed by atoms with Crippen LogP contribution in [0.4, 0.5) is 0 Å². The minimum atomic E-state index is 0.846. The number of nitrogens with zero attached hydrogens (tertiary/aromatic N) is 1. The zero-order valence-electron chi connectivity index (χ0n) is 19.5. The van der Waals surface area contributed by atoms with Gasteiger partial charge in [0, 0.05) is 0 Å². The minimum Gasteiger partial charge on any atom is -0.328 e. The third-order valence-corrected chi connectivity index (χ3v) is 5.93. The molecular weight excluding hydrogens is 314 g/mol. The predicted octanol–water partition coefficient (Wildman–Crippen LogP) is 8.37. The molecule has 1 nitrogen and oxygen atoms in total. The zero-order valence-corrected chi connectivity index (χ0v) is 19.5. The lowest BCUT2D eigenvalue weighted by Crippen LogP contribution is -2.41. The van der Waals surface area contributed by atoms with Crippen LogP contribution in [0.1, 0.15) is 130 Å². The topological polar surface area (TPSA) is 0 Å². The SMILES string of the molecule is CCCCCCCCCCCCCCCCCC[N+](C)(C)CCC(C)C. The van der Waals surface area contributed by atoms with Crippen LogP contribution in [0.15, 0.2) is 0 Å². The molecule has 0 amide bonds. The molecule has 0 fully saturated rings. The van der Waals surface area contributed by atoms with E-state index >= 15 is 0 Å². The lowest BCUT2D eigenvalue weighted by atomic mass is 10.0. The van der Waals surface area contributed by atoms with Crippen LogP contribution in [-0.2, 0) is 0 Å². The Balaban J connectivity index is 3.20. The normalized spacial score (nSPS) is 12.2. The highest BCUT2D eigenvalue weighted by Gasteiger charge is 2.14. The number of hydrogen-bond donors (Lipinski definition) is 0. The summed E-state index contributed by atoms with van der Waals surface area (Å²) in [5, 5.41) is 0. The first-order valence-electron chi connectivity index (χ1n) is 12.3. The van der Waals surface area contributed by atoms with Gasteiger partial charge in [-0.1, -0.05) is 111 Å². The molecule has 0 aromatic rings. The second-order valence-corrected chi connectivity index (χ2v) is 9.87. The lowest BCUT2D eigenvalue weighted by molar-refractivity contribution is -0.891. The number of quaternary nitrogens is 1. The Morgan fingerprint density at radius 2 is 0.846 bits per heavy atom. The van der Waals surface area contributed by atoms with Crippen molar-refractivity contribution in [3.8, 4) is 0 Å². The van der Waals surface area contributed by atoms with Gasteiger partial charge in [-0.25, -0.2) is 0 Å². The third-order valence-electron chi connectivity index (χ3n) is 5.93.